The Morgan fingerprint density at radius 2 is 2.00 bits per heavy atom. The van der Waals surface area contributed by atoms with E-state index in [1.807, 2.05) is 26.8 Å². The molecule has 3 atom stereocenters. The van der Waals surface area contributed by atoms with E-state index in [0.29, 0.717) is 6.42 Å². The summed E-state index contributed by atoms with van der Waals surface area (Å²) in [6, 6.07) is 0. The standard InChI is InChI=1S/C19H27FO4/c1-7-10-19(6,11-8-2)24-17(22)15-13(18(15,4)5)12-14(20)16(21)23-9-3/h7-8,11-13,15H,1,9-10H2,2-6H3/b11-8+,14-12?/t13-,15-,19?/m0/s1. The normalized spacial score (nSPS) is 25.0. The maximum absolute atomic E-state index is 13.8. The first-order valence-corrected chi connectivity index (χ1v) is 8.15. The Morgan fingerprint density at radius 1 is 1.38 bits per heavy atom. The molecule has 4 nitrogen and oxygen atoms in total. The molecule has 0 aliphatic heterocycles. The van der Waals surface area contributed by atoms with Gasteiger partial charge in [0, 0.05) is 6.42 Å². The van der Waals surface area contributed by atoms with Crippen LogP contribution in [0.2, 0.25) is 0 Å². The molecule has 5 heteroatoms. The molecule has 24 heavy (non-hydrogen) atoms. The highest BCUT2D eigenvalue weighted by Gasteiger charge is 2.62. The van der Waals surface area contributed by atoms with Crippen LogP contribution in [0.1, 0.15) is 41.0 Å². The van der Waals surface area contributed by atoms with E-state index in [0.717, 1.165) is 0 Å². The van der Waals surface area contributed by atoms with Gasteiger partial charge in [-0.15, -0.1) is 6.58 Å². The van der Waals surface area contributed by atoms with E-state index in [4.69, 9.17) is 4.74 Å². The van der Waals surface area contributed by atoms with Crippen molar-refractivity contribution in [2.45, 2.75) is 46.6 Å². The molecule has 0 aromatic heterocycles. The first-order chi connectivity index (χ1) is 11.1. The molecule has 1 rings (SSSR count). The molecule has 134 valence electrons. The molecule has 1 saturated carbocycles. The number of carbonyl (C=O) groups excluding carboxylic acids is 2. The Kier molecular flexibility index (Phi) is 6.52. The smallest absolute Gasteiger partial charge is 0.366 e. The fourth-order valence-corrected chi connectivity index (χ4v) is 2.94. The fourth-order valence-electron chi connectivity index (χ4n) is 2.94. The molecular formula is C19H27FO4. The van der Waals surface area contributed by atoms with E-state index < -0.39 is 40.6 Å². The van der Waals surface area contributed by atoms with Gasteiger partial charge in [-0.2, -0.15) is 4.39 Å². The summed E-state index contributed by atoms with van der Waals surface area (Å²) < 4.78 is 24.1. The Bertz CT molecular complexity index is 562. The Balaban J connectivity index is 2.87. The van der Waals surface area contributed by atoms with Crippen LogP contribution in [0.25, 0.3) is 0 Å². The third-order valence-corrected chi connectivity index (χ3v) is 4.36. The molecule has 0 heterocycles. The molecule has 0 saturated heterocycles. The molecule has 0 amide bonds. The molecule has 0 aromatic carbocycles. The molecule has 1 fully saturated rings. The quantitative estimate of drug-likeness (QED) is 0.379. The van der Waals surface area contributed by atoms with Crippen molar-refractivity contribution in [3.63, 3.8) is 0 Å². The zero-order valence-electron chi connectivity index (χ0n) is 15.1. The highest BCUT2D eigenvalue weighted by atomic mass is 19.1. The van der Waals surface area contributed by atoms with Crippen molar-refractivity contribution < 1.29 is 23.5 Å². The van der Waals surface area contributed by atoms with Crippen LogP contribution in [-0.2, 0) is 19.1 Å². The number of esters is 2. The Labute approximate surface area is 143 Å². The zero-order chi connectivity index (χ0) is 18.5. The summed E-state index contributed by atoms with van der Waals surface area (Å²) in [5.41, 5.74) is -1.24. The third-order valence-electron chi connectivity index (χ3n) is 4.36. The van der Waals surface area contributed by atoms with Gasteiger partial charge < -0.3 is 9.47 Å². The molecule has 0 N–H and O–H groups in total. The van der Waals surface area contributed by atoms with Crippen LogP contribution in [0.3, 0.4) is 0 Å². The maximum atomic E-state index is 13.8. The predicted molar refractivity (Wildman–Crippen MR) is 90.7 cm³/mol. The number of hydrogen-bond acceptors (Lipinski definition) is 4. The molecule has 1 aliphatic rings. The predicted octanol–water partition coefficient (Wildman–Crippen LogP) is 4.13. The second kappa shape index (κ2) is 7.77. The van der Waals surface area contributed by atoms with E-state index in [9.17, 15) is 14.0 Å². The van der Waals surface area contributed by atoms with Crippen LogP contribution >= 0.6 is 0 Å². The van der Waals surface area contributed by atoms with Gasteiger partial charge in [-0.3, -0.25) is 4.79 Å². The van der Waals surface area contributed by atoms with Crippen LogP contribution in [0.15, 0.2) is 36.7 Å². The lowest BCUT2D eigenvalue weighted by Crippen LogP contribution is -2.30. The van der Waals surface area contributed by atoms with Gasteiger partial charge in [0.15, 0.2) is 0 Å². The van der Waals surface area contributed by atoms with Gasteiger partial charge in [0.2, 0.25) is 5.83 Å². The van der Waals surface area contributed by atoms with Gasteiger partial charge in [0.05, 0.1) is 12.5 Å². The minimum atomic E-state index is -1.00. The van der Waals surface area contributed by atoms with Crippen molar-refractivity contribution >= 4 is 11.9 Å². The Morgan fingerprint density at radius 3 is 2.50 bits per heavy atom. The van der Waals surface area contributed by atoms with Crippen LogP contribution in [0.4, 0.5) is 4.39 Å². The third kappa shape index (κ3) is 4.56. The average molecular weight is 338 g/mol. The van der Waals surface area contributed by atoms with E-state index in [2.05, 4.69) is 11.3 Å². The number of halogens is 1. The SMILES string of the molecule is C=CCC(C)(/C=C/C)OC(=O)[C@@H]1[C@H](C=C(F)C(=O)OCC)C1(C)C. The number of rotatable bonds is 8. The second-order valence-corrected chi connectivity index (χ2v) is 6.79. The summed E-state index contributed by atoms with van der Waals surface area (Å²) >= 11 is 0. The first kappa shape index (κ1) is 20.1. The van der Waals surface area contributed by atoms with Gasteiger partial charge in [0.1, 0.15) is 5.60 Å². The average Bonchev–Trinajstić information content (AvgIpc) is 3.00. The van der Waals surface area contributed by atoms with Crippen LogP contribution in [-0.4, -0.2) is 24.1 Å². The van der Waals surface area contributed by atoms with E-state index in [1.54, 1.807) is 26.0 Å². The Hall–Kier alpha value is -1.91. The molecule has 0 spiro atoms. The van der Waals surface area contributed by atoms with E-state index >= 15 is 0 Å². The van der Waals surface area contributed by atoms with Crippen molar-refractivity contribution in [2.24, 2.45) is 17.3 Å². The summed E-state index contributed by atoms with van der Waals surface area (Å²) in [6.07, 6.45) is 6.94. The second-order valence-electron chi connectivity index (χ2n) is 6.79. The van der Waals surface area contributed by atoms with Crippen molar-refractivity contribution in [3.05, 3.63) is 36.7 Å². The first-order valence-electron chi connectivity index (χ1n) is 8.15. The van der Waals surface area contributed by atoms with Crippen LogP contribution in [0, 0.1) is 17.3 Å². The summed E-state index contributed by atoms with van der Waals surface area (Å²) in [7, 11) is 0. The number of carbonyl (C=O) groups is 2. The minimum absolute atomic E-state index is 0.100. The topological polar surface area (TPSA) is 52.6 Å². The molecule has 0 bridgehead atoms. The lowest BCUT2D eigenvalue weighted by molar-refractivity contribution is -0.156. The largest absolute Gasteiger partial charge is 0.461 e. The minimum Gasteiger partial charge on any atom is -0.461 e. The number of ether oxygens (including phenoxy) is 2. The van der Waals surface area contributed by atoms with Crippen molar-refractivity contribution in [2.75, 3.05) is 6.61 Å². The number of hydrogen-bond donors (Lipinski definition) is 0. The maximum Gasteiger partial charge on any atom is 0.366 e. The van der Waals surface area contributed by atoms with E-state index in [1.165, 1.54) is 6.08 Å². The molecule has 1 aliphatic carbocycles. The van der Waals surface area contributed by atoms with Crippen molar-refractivity contribution in [1.82, 2.24) is 0 Å². The zero-order valence-corrected chi connectivity index (χ0v) is 15.1. The van der Waals surface area contributed by atoms with Crippen LogP contribution in [0.5, 0.6) is 0 Å². The monoisotopic (exact) mass is 338 g/mol. The summed E-state index contributed by atoms with van der Waals surface area (Å²) in [5, 5.41) is 0. The van der Waals surface area contributed by atoms with E-state index in [-0.39, 0.29) is 6.61 Å². The van der Waals surface area contributed by atoms with Gasteiger partial charge in [-0.05, 0) is 44.3 Å². The van der Waals surface area contributed by atoms with Gasteiger partial charge in [-0.25, -0.2) is 4.79 Å². The molecule has 0 radical (unpaired) electrons. The molecule has 1 unspecified atom stereocenters. The molecular weight excluding hydrogens is 311 g/mol. The van der Waals surface area contributed by atoms with Crippen molar-refractivity contribution in [1.29, 1.82) is 0 Å². The van der Waals surface area contributed by atoms with Crippen LogP contribution < -0.4 is 0 Å². The van der Waals surface area contributed by atoms with Gasteiger partial charge >= 0.3 is 11.9 Å². The highest BCUT2D eigenvalue weighted by Crippen LogP contribution is 2.60. The molecule has 0 aromatic rings. The van der Waals surface area contributed by atoms with Gasteiger partial charge in [-0.1, -0.05) is 26.0 Å². The van der Waals surface area contributed by atoms with Gasteiger partial charge in [0.25, 0.3) is 0 Å². The highest BCUT2D eigenvalue weighted by molar-refractivity contribution is 5.87. The van der Waals surface area contributed by atoms with Crippen molar-refractivity contribution in [3.8, 4) is 0 Å². The fraction of sp³-hybridized carbons (Fsp3) is 0.579. The number of allylic oxidation sites excluding steroid dienone is 2. The lowest BCUT2D eigenvalue weighted by Gasteiger charge is -2.25. The summed E-state index contributed by atoms with van der Waals surface area (Å²) in [4.78, 5) is 23.9. The summed E-state index contributed by atoms with van der Waals surface area (Å²) in [5.74, 6) is -3.26. The lowest BCUT2D eigenvalue weighted by atomic mass is 10.0. The summed E-state index contributed by atoms with van der Waals surface area (Å²) in [6.45, 7) is 12.7.